The van der Waals surface area contributed by atoms with Crippen molar-refractivity contribution in [1.29, 1.82) is 0 Å². The summed E-state index contributed by atoms with van der Waals surface area (Å²) in [5.41, 5.74) is 6.95. The smallest absolute Gasteiger partial charge is 0.228 e. The molecular formula is C15H23FN2O2. The van der Waals surface area contributed by atoms with Crippen LogP contribution in [0.4, 0.5) is 10.1 Å². The molecule has 0 bridgehead atoms. The van der Waals surface area contributed by atoms with E-state index in [0.717, 1.165) is 24.3 Å². The van der Waals surface area contributed by atoms with Gasteiger partial charge in [0.25, 0.3) is 0 Å². The van der Waals surface area contributed by atoms with Gasteiger partial charge in [0, 0.05) is 42.4 Å². The number of ether oxygens (including phenoxy) is 1. The minimum absolute atomic E-state index is 0.203. The number of anilines is 1. The van der Waals surface area contributed by atoms with Crippen LogP contribution in [0.3, 0.4) is 0 Å². The number of aliphatic hydroxyl groups is 1. The summed E-state index contributed by atoms with van der Waals surface area (Å²) in [7, 11) is 0. The van der Waals surface area contributed by atoms with Crippen molar-refractivity contribution in [2.75, 3.05) is 24.9 Å². The van der Waals surface area contributed by atoms with Gasteiger partial charge in [-0.05, 0) is 26.8 Å². The van der Waals surface area contributed by atoms with E-state index in [0.29, 0.717) is 5.75 Å². The van der Waals surface area contributed by atoms with E-state index in [4.69, 9.17) is 10.5 Å². The van der Waals surface area contributed by atoms with Crippen molar-refractivity contribution >= 4 is 5.69 Å². The molecule has 2 rings (SSSR count). The van der Waals surface area contributed by atoms with E-state index in [1.54, 1.807) is 0 Å². The van der Waals surface area contributed by atoms with Gasteiger partial charge in [-0.3, -0.25) is 0 Å². The van der Waals surface area contributed by atoms with Crippen molar-refractivity contribution in [3.05, 3.63) is 23.8 Å². The molecule has 1 aromatic carbocycles. The number of nitrogens with two attached hydrogens (primary N) is 1. The monoisotopic (exact) mass is 282 g/mol. The summed E-state index contributed by atoms with van der Waals surface area (Å²) in [4.78, 5) is 2.14. The summed E-state index contributed by atoms with van der Waals surface area (Å²) >= 11 is 0. The van der Waals surface area contributed by atoms with Crippen LogP contribution >= 0.6 is 0 Å². The number of halogens is 1. The van der Waals surface area contributed by atoms with Crippen LogP contribution in [0.15, 0.2) is 18.2 Å². The molecule has 20 heavy (non-hydrogen) atoms. The molecule has 1 aromatic rings. The molecule has 1 aliphatic rings. The molecule has 1 heterocycles. The van der Waals surface area contributed by atoms with E-state index in [9.17, 15) is 9.50 Å². The fraction of sp³-hybridized carbons (Fsp3) is 0.600. The van der Waals surface area contributed by atoms with Crippen LogP contribution in [0.25, 0.3) is 0 Å². The Morgan fingerprint density at radius 3 is 2.65 bits per heavy atom. The molecule has 5 heteroatoms. The first-order valence-corrected chi connectivity index (χ1v) is 6.88. The van der Waals surface area contributed by atoms with Gasteiger partial charge in [-0.15, -0.1) is 0 Å². The van der Waals surface area contributed by atoms with Gasteiger partial charge in [0.2, 0.25) is 6.86 Å². The Morgan fingerprint density at radius 2 is 2.15 bits per heavy atom. The number of hydrogen-bond acceptors (Lipinski definition) is 4. The van der Waals surface area contributed by atoms with Crippen molar-refractivity contribution in [2.45, 2.75) is 32.4 Å². The highest BCUT2D eigenvalue weighted by Crippen LogP contribution is 2.35. The highest BCUT2D eigenvalue weighted by atomic mass is 19.1. The molecule has 1 atom stereocenters. The highest BCUT2D eigenvalue weighted by Gasteiger charge is 2.37. The van der Waals surface area contributed by atoms with E-state index in [-0.39, 0.29) is 12.0 Å². The highest BCUT2D eigenvalue weighted by molar-refractivity contribution is 5.56. The van der Waals surface area contributed by atoms with Crippen molar-refractivity contribution < 1.29 is 14.2 Å². The molecule has 0 aromatic heterocycles. The molecular weight excluding hydrogens is 259 g/mol. The molecule has 1 fully saturated rings. The molecule has 0 amide bonds. The standard InChI is InChI=1S/C15H23FN2O2/c1-10(17)13-5-4-12(6-14(13)20-9-16)18-7-11(8-18)15(2,3)19/h4-6,10-11,19H,7-9,17H2,1-3H3/t10-/m0/s1. The van der Waals surface area contributed by atoms with Crippen LogP contribution < -0.4 is 15.4 Å². The minimum Gasteiger partial charge on any atom is -0.463 e. The molecule has 4 nitrogen and oxygen atoms in total. The zero-order valence-electron chi connectivity index (χ0n) is 12.3. The number of rotatable bonds is 5. The number of nitrogens with zero attached hydrogens (tertiary/aromatic N) is 1. The summed E-state index contributed by atoms with van der Waals surface area (Å²) in [5, 5.41) is 9.94. The molecule has 0 saturated carbocycles. The summed E-state index contributed by atoms with van der Waals surface area (Å²) < 4.78 is 17.5. The van der Waals surface area contributed by atoms with Crippen LogP contribution in [0, 0.1) is 5.92 Å². The van der Waals surface area contributed by atoms with Crippen molar-refractivity contribution in [3.8, 4) is 5.75 Å². The fourth-order valence-corrected chi connectivity index (χ4v) is 2.42. The van der Waals surface area contributed by atoms with Crippen LogP contribution in [-0.2, 0) is 0 Å². The van der Waals surface area contributed by atoms with Gasteiger partial charge in [-0.1, -0.05) is 6.07 Å². The zero-order chi connectivity index (χ0) is 14.9. The Labute approximate surface area is 119 Å². The van der Waals surface area contributed by atoms with E-state index in [1.165, 1.54) is 0 Å². The Hall–Kier alpha value is -1.33. The molecule has 0 aliphatic carbocycles. The maximum atomic E-state index is 12.5. The second-order valence-electron chi connectivity index (χ2n) is 6.02. The average molecular weight is 282 g/mol. The second kappa shape index (κ2) is 5.58. The lowest BCUT2D eigenvalue weighted by molar-refractivity contribution is 0.00459. The topological polar surface area (TPSA) is 58.7 Å². The van der Waals surface area contributed by atoms with Gasteiger partial charge in [0.05, 0.1) is 5.60 Å². The average Bonchev–Trinajstić information content (AvgIpc) is 2.25. The summed E-state index contributed by atoms with van der Waals surface area (Å²) in [5.74, 6) is 0.743. The Kier molecular flexibility index (Phi) is 4.20. The minimum atomic E-state index is -0.866. The predicted molar refractivity (Wildman–Crippen MR) is 77.6 cm³/mol. The quantitative estimate of drug-likeness (QED) is 0.869. The molecule has 1 aliphatic heterocycles. The summed E-state index contributed by atoms with van der Waals surface area (Å²) in [6.07, 6.45) is 0. The Bertz CT molecular complexity index is 465. The van der Waals surface area contributed by atoms with E-state index in [1.807, 2.05) is 39.0 Å². The lowest BCUT2D eigenvalue weighted by Crippen LogP contribution is -2.55. The molecule has 1 saturated heterocycles. The van der Waals surface area contributed by atoms with Crippen LogP contribution in [-0.4, -0.2) is 30.7 Å². The fourth-order valence-electron chi connectivity index (χ4n) is 2.42. The van der Waals surface area contributed by atoms with Crippen molar-refractivity contribution in [2.24, 2.45) is 11.7 Å². The third-order valence-corrected chi connectivity index (χ3v) is 3.94. The normalized spacial score (nSPS) is 17.8. The van der Waals surface area contributed by atoms with Crippen LogP contribution in [0.5, 0.6) is 5.75 Å². The number of hydrogen-bond donors (Lipinski definition) is 2. The molecule has 0 spiro atoms. The second-order valence-corrected chi connectivity index (χ2v) is 6.02. The van der Waals surface area contributed by atoms with Crippen molar-refractivity contribution in [1.82, 2.24) is 0 Å². The maximum Gasteiger partial charge on any atom is 0.228 e. The first-order valence-electron chi connectivity index (χ1n) is 6.88. The first kappa shape index (κ1) is 15.1. The van der Waals surface area contributed by atoms with Gasteiger partial charge >= 0.3 is 0 Å². The first-order chi connectivity index (χ1) is 9.32. The van der Waals surface area contributed by atoms with E-state index >= 15 is 0 Å². The third kappa shape index (κ3) is 3.04. The largest absolute Gasteiger partial charge is 0.463 e. The Morgan fingerprint density at radius 1 is 1.50 bits per heavy atom. The molecule has 3 N–H and O–H groups in total. The maximum absolute atomic E-state index is 12.5. The molecule has 112 valence electrons. The van der Waals surface area contributed by atoms with Crippen LogP contribution in [0.2, 0.25) is 0 Å². The van der Waals surface area contributed by atoms with Gasteiger partial charge in [-0.25, -0.2) is 4.39 Å². The lowest BCUT2D eigenvalue weighted by Gasteiger charge is -2.46. The lowest BCUT2D eigenvalue weighted by atomic mass is 9.84. The number of benzene rings is 1. The van der Waals surface area contributed by atoms with Gasteiger partial charge in [0.1, 0.15) is 5.75 Å². The summed E-state index contributed by atoms with van der Waals surface area (Å²) in [6.45, 7) is 6.20. The number of alkyl halides is 1. The molecule has 0 radical (unpaired) electrons. The van der Waals surface area contributed by atoms with E-state index in [2.05, 4.69) is 4.90 Å². The van der Waals surface area contributed by atoms with Gasteiger partial charge < -0.3 is 20.5 Å². The van der Waals surface area contributed by atoms with Gasteiger partial charge in [0.15, 0.2) is 0 Å². The SMILES string of the molecule is C[C@H](N)c1ccc(N2CC(C(C)(C)O)C2)cc1OCF. The van der Waals surface area contributed by atoms with Crippen LogP contribution in [0.1, 0.15) is 32.4 Å². The van der Waals surface area contributed by atoms with Gasteiger partial charge in [-0.2, -0.15) is 0 Å². The predicted octanol–water partition coefficient (Wildman–Crippen LogP) is 2.22. The van der Waals surface area contributed by atoms with Crippen molar-refractivity contribution in [3.63, 3.8) is 0 Å². The summed E-state index contributed by atoms with van der Waals surface area (Å²) in [6, 6.07) is 5.46. The molecule has 0 unspecified atom stereocenters. The third-order valence-electron chi connectivity index (χ3n) is 3.94. The zero-order valence-corrected chi connectivity index (χ0v) is 12.3. The Balaban J connectivity index is 2.13. The van der Waals surface area contributed by atoms with E-state index < -0.39 is 12.5 Å².